The van der Waals surface area contributed by atoms with Crippen LogP contribution < -0.4 is 5.73 Å². The first kappa shape index (κ1) is 14.3. The van der Waals surface area contributed by atoms with Crippen LogP contribution in [-0.4, -0.2) is 9.78 Å². The van der Waals surface area contributed by atoms with Crippen LogP contribution in [-0.2, 0) is 19.4 Å². The number of rotatable bonds is 5. The number of benzene rings is 1. The third-order valence-electron chi connectivity index (χ3n) is 3.34. The van der Waals surface area contributed by atoms with E-state index in [2.05, 4.69) is 47.0 Å². The van der Waals surface area contributed by atoms with Crippen molar-refractivity contribution < 1.29 is 0 Å². The van der Waals surface area contributed by atoms with E-state index in [1.165, 1.54) is 5.69 Å². The van der Waals surface area contributed by atoms with E-state index < -0.39 is 0 Å². The first-order valence-corrected chi connectivity index (χ1v) is 7.51. The van der Waals surface area contributed by atoms with Crippen molar-refractivity contribution in [1.82, 2.24) is 9.78 Å². The van der Waals surface area contributed by atoms with Gasteiger partial charge in [-0.2, -0.15) is 5.10 Å². The van der Waals surface area contributed by atoms with Crippen molar-refractivity contribution in [2.24, 2.45) is 5.73 Å². The van der Waals surface area contributed by atoms with Crippen molar-refractivity contribution in [3.63, 3.8) is 0 Å². The summed E-state index contributed by atoms with van der Waals surface area (Å²) in [7, 11) is 0. The Morgan fingerprint density at radius 1 is 1.26 bits per heavy atom. The second-order valence-corrected chi connectivity index (χ2v) is 5.39. The minimum atomic E-state index is 0.00389. The number of hydrogen-bond donors (Lipinski definition) is 1. The summed E-state index contributed by atoms with van der Waals surface area (Å²) in [6, 6.07) is 10.2. The highest BCUT2D eigenvalue weighted by atomic mass is 79.9. The van der Waals surface area contributed by atoms with Crippen molar-refractivity contribution in [2.45, 2.75) is 39.3 Å². The van der Waals surface area contributed by atoms with Crippen LogP contribution in [0.1, 0.15) is 36.8 Å². The highest BCUT2D eigenvalue weighted by molar-refractivity contribution is 9.10. The predicted molar refractivity (Wildman–Crippen MR) is 82.1 cm³/mol. The zero-order valence-corrected chi connectivity index (χ0v) is 13.0. The van der Waals surface area contributed by atoms with Gasteiger partial charge in [0.2, 0.25) is 0 Å². The zero-order valence-electron chi connectivity index (χ0n) is 11.4. The zero-order chi connectivity index (χ0) is 13.8. The second-order valence-electron chi connectivity index (χ2n) is 4.60. The van der Waals surface area contributed by atoms with Gasteiger partial charge in [0.1, 0.15) is 0 Å². The maximum Gasteiger partial charge on any atom is 0.0766 e. The van der Waals surface area contributed by atoms with E-state index in [0.29, 0.717) is 0 Å². The molecular weight excluding hydrogens is 302 g/mol. The molecule has 1 heterocycles. The molecule has 0 aliphatic carbocycles. The maximum atomic E-state index is 6.31. The molecule has 0 aliphatic rings. The van der Waals surface area contributed by atoms with Gasteiger partial charge < -0.3 is 5.73 Å². The van der Waals surface area contributed by atoms with Crippen LogP contribution in [0.15, 0.2) is 34.8 Å². The number of aromatic nitrogens is 2. The first-order valence-electron chi connectivity index (χ1n) is 6.71. The Morgan fingerprint density at radius 2 is 1.95 bits per heavy atom. The van der Waals surface area contributed by atoms with Crippen LogP contribution in [0.3, 0.4) is 0 Å². The minimum Gasteiger partial charge on any atom is -0.324 e. The van der Waals surface area contributed by atoms with Gasteiger partial charge in [-0.05, 0) is 34.8 Å². The molecule has 0 radical (unpaired) electrons. The average molecular weight is 322 g/mol. The van der Waals surface area contributed by atoms with Crippen LogP contribution in [0.4, 0.5) is 0 Å². The van der Waals surface area contributed by atoms with Gasteiger partial charge in [-0.25, -0.2) is 0 Å². The summed E-state index contributed by atoms with van der Waals surface area (Å²) in [5, 5.41) is 4.61. The quantitative estimate of drug-likeness (QED) is 0.916. The third kappa shape index (κ3) is 3.07. The van der Waals surface area contributed by atoms with Gasteiger partial charge >= 0.3 is 0 Å². The molecule has 2 rings (SSSR count). The Hall–Kier alpha value is -1.13. The second kappa shape index (κ2) is 6.35. The van der Waals surface area contributed by atoms with Gasteiger partial charge in [0.25, 0.3) is 0 Å². The van der Waals surface area contributed by atoms with Crippen LogP contribution in [0.5, 0.6) is 0 Å². The lowest BCUT2D eigenvalue weighted by molar-refractivity contribution is 0.584. The van der Waals surface area contributed by atoms with Crippen LogP contribution >= 0.6 is 15.9 Å². The van der Waals surface area contributed by atoms with Crippen LogP contribution in [0.2, 0.25) is 0 Å². The number of aryl methyl sites for hydroxylation is 2. The highest BCUT2D eigenvalue weighted by Crippen LogP contribution is 2.26. The third-order valence-corrected chi connectivity index (χ3v) is 4.25. The largest absolute Gasteiger partial charge is 0.324 e. The molecule has 1 aromatic heterocycles. The fraction of sp³-hybridized carbons (Fsp3) is 0.400. The van der Waals surface area contributed by atoms with E-state index >= 15 is 0 Å². The topological polar surface area (TPSA) is 43.8 Å². The summed E-state index contributed by atoms with van der Waals surface area (Å²) in [6.07, 6.45) is 1.73. The summed E-state index contributed by atoms with van der Waals surface area (Å²) < 4.78 is 3.16. The average Bonchev–Trinajstić information content (AvgIpc) is 2.76. The number of nitrogens with two attached hydrogens (primary N) is 1. The highest BCUT2D eigenvalue weighted by Gasteiger charge is 2.17. The first-order chi connectivity index (χ1) is 9.17. The molecule has 0 bridgehead atoms. The van der Waals surface area contributed by atoms with E-state index in [-0.39, 0.29) is 6.04 Å². The van der Waals surface area contributed by atoms with Crippen molar-refractivity contribution in [1.29, 1.82) is 0 Å². The molecule has 2 N–H and O–H groups in total. The molecule has 1 unspecified atom stereocenters. The lowest BCUT2D eigenvalue weighted by atomic mass is 10.0. The lowest BCUT2D eigenvalue weighted by Crippen LogP contribution is -2.16. The van der Waals surface area contributed by atoms with Gasteiger partial charge in [-0.3, -0.25) is 4.68 Å². The molecule has 0 aliphatic heterocycles. The monoisotopic (exact) mass is 321 g/mol. The van der Waals surface area contributed by atoms with Gasteiger partial charge in [-0.15, -0.1) is 0 Å². The molecule has 1 aromatic carbocycles. The van der Waals surface area contributed by atoms with Crippen LogP contribution in [0.25, 0.3) is 0 Å². The molecule has 0 saturated carbocycles. The molecule has 1 atom stereocenters. The van der Waals surface area contributed by atoms with Gasteiger partial charge in [-0.1, -0.05) is 37.3 Å². The van der Waals surface area contributed by atoms with E-state index in [1.807, 2.05) is 22.9 Å². The SMILES string of the molecule is CCc1nn(CC)c(CC(N)c2ccccc2)c1Br. The standard InChI is InChI=1S/C15H20BrN3/c1-3-13-15(16)14(19(4-2)18-13)10-12(17)11-8-6-5-7-9-11/h5-9,12H,3-4,10,17H2,1-2H3. The van der Waals surface area contributed by atoms with Gasteiger partial charge in [0.15, 0.2) is 0 Å². The van der Waals surface area contributed by atoms with Gasteiger partial charge in [0.05, 0.1) is 15.9 Å². The van der Waals surface area contributed by atoms with Crippen molar-refractivity contribution in [3.8, 4) is 0 Å². The molecular formula is C15H20BrN3. The number of nitrogens with zero attached hydrogens (tertiary/aromatic N) is 2. The van der Waals surface area contributed by atoms with Crippen molar-refractivity contribution in [2.75, 3.05) is 0 Å². The molecule has 0 spiro atoms. The Labute approximate surface area is 122 Å². The molecule has 4 heteroatoms. The Bertz CT molecular complexity index is 534. The summed E-state index contributed by atoms with van der Waals surface area (Å²) >= 11 is 3.67. The minimum absolute atomic E-state index is 0.00389. The van der Waals surface area contributed by atoms with Crippen molar-refractivity contribution in [3.05, 3.63) is 51.8 Å². The molecule has 0 saturated heterocycles. The van der Waals surface area contributed by atoms with E-state index in [9.17, 15) is 0 Å². The fourth-order valence-electron chi connectivity index (χ4n) is 2.24. The normalized spacial score (nSPS) is 12.6. The Kier molecular flexibility index (Phi) is 4.77. The van der Waals surface area contributed by atoms with Crippen molar-refractivity contribution >= 4 is 15.9 Å². The lowest BCUT2D eigenvalue weighted by Gasteiger charge is -2.13. The molecule has 3 nitrogen and oxygen atoms in total. The number of hydrogen-bond acceptors (Lipinski definition) is 2. The molecule has 19 heavy (non-hydrogen) atoms. The molecule has 102 valence electrons. The molecule has 0 amide bonds. The summed E-state index contributed by atoms with van der Waals surface area (Å²) in [4.78, 5) is 0. The summed E-state index contributed by atoms with van der Waals surface area (Å²) in [5.74, 6) is 0. The van der Waals surface area contributed by atoms with E-state index in [1.54, 1.807) is 0 Å². The predicted octanol–water partition coefficient (Wildman–Crippen LogP) is 3.47. The summed E-state index contributed by atoms with van der Waals surface area (Å²) in [6.45, 7) is 5.10. The summed E-state index contributed by atoms with van der Waals surface area (Å²) in [5.41, 5.74) is 9.77. The Morgan fingerprint density at radius 3 is 2.53 bits per heavy atom. The molecule has 2 aromatic rings. The number of halogens is 1. The Balaban J connectivity index is 2.26. The maximum absolute atomic E-state index is 6.31. The smallest absolute Gasteiger partial charge is 0.0766 e. The fourth-order valence-corrected chi connectivity index (χ4v) is 2.96. The molecule has 0 fully saturated rings. The van der Waals surface area contributed by atoms with Crippen LogP contribution in [0, 0.1) is 0 Å². The van der Waals surface area contributed by atoms with E-state index in [0.717, 1.165) is 35.1 Å². The van der Waals surface area contributed by atoms with E-state index in [4.69, 9.17) is 5.73 Å². The van der Waals surface area contributed by atoms with Gasteiger partial charge in [0, 0.05) is 19.0 Å².